The second-order valence-electron chi connectivity index (χ2n) is 5.55. The van der Waals surface area contributed by atoms with Gasteiger partial charge in [0, 0.05) is 30.0 Å². The molecule has 1 unspecified atom stereocenters. The second kappa shape index (κ2) is 8.76. The van der Waals surface area contributed by atoms with Crippen molar-refractivity contribution < 1.29 is 4.79 Å². The van der Waals surface area contributed by atoms with Gasteiger partial charge in [-0.15, -0.1) is 12.4 Å². The number of nitrogens with zero attached hydrogens (tertiary/aromatic N) is 1. The number of hydrogen-bond donors (Lipinski definition) is 1. The van der Waals surface area contributed by atoms with Gasteiger partial charge in [0.05, 0.1) is 0 Å². The number of aryl methyl sites for hydroxylation is 2. The van der Waals surface area contributed by atoms with Gasteiger partial charge in [-0.3, -0.25) is 4.79 Å². The van der Waals surface area contributed by atoms with E-state index in [1.165, 1.54) is 17.5 Å². The van der Waals surface area contributed by atoms with Crippen LogP contribution in [0.2, 0.25) is 0 Å². The summed E-state index contributed by atoms with van der Waals surface area (Å²) in [6, 6.07) is 6.77. The van der Waals surface area contributed by atoms with E-state index in [1.54, 1.807) is 0 Å². The Bertz CT molecular complexity index is 481. The van der Waals surface area contributed by atoms with Crippen LogP contribution in [0.25, 0.3) is 0 Å². The van der Waals surface area contributed by atoms with Gasteiger partial charge in [-0.2, -0.15) is 0 Å². The highest BCUT2D eigenvalue weighted by atomic mass is 79.9. The molecule has 1 aliphatic rings. The number of rotatable bonds is 4. The van der Waals surface area contributed by atoms with E-state index in [1.807, 2.05) is 11.9 Å². The summed E-state index contributed by atoms with van der Waals surface area (Å²) in [7, 11) is 1.98. The van der Waals surface area contributed by atoms with Crippen molar-refractivity contribution in [3.8, 4) is 0 Å². The van der Waals surface area contributed by atoms with E-state index in [4.69, 9.17) is 0 Å². The summed E-state index contributed by atoms with van der Waals surface area (Å²) in [6.07, 6.45) is 3.71. The third kappa shape index (κ3) is 5.28. The predicted octanol–water partition coefficient (Wildman–Crippen LogP) is 3.32. The molecule has 1 amide bonds. The average Bonchev–Trinajstić information content (AvgIpc) is 2.48. The van der Waals surface area contributed by atoms with Crippen molar-refractivity contribution in [2.45, 2.75) is 38.6 Å². The molecule has 0 aliphatic carbocycles. The lowest BCUT2D eigenvalue weighted by atomic mass is 10.0. The van der Waals surface area contributed by atoms with Crippen LogP contribution >= 0.6 is 28.3 Å². The Morgan fingerprint density at radius 1 is 1.48 bits per heavy atom. The summed E-state index contributed by atoms with van der Waals surface area (Å²) < 4.78 is 1.13. The van der Waals surface area contributed by atoms with E-state index in [-0.39, 0.29) is 18.3 Å². The summed E-state index contributed by atoms with van der Waals surface area (Å²) in [5, 5.41) is 3.28. The number of piperidine rings is 1. The molecule has 5 heteroatoms. The van der Waals surface area contributed by atoms with Crippen LogP contribution in [0.3, 0.4) is 0 Å². The van der Waals surface area contributed by atoms with Crippen LogP contribution in [0.15, 0.2) is 22.7 Å². The lowest BCUT2D eigenvalue weighted by Gasteiger charge is -2.32. The van der Waals surface area contributed by atoms with Gasteiger partial charge in [0.15, 0.2) is 0 Å². The minimum Gasteiger partial charge on any atom is -0.341 e. The number of halogens is 2. The second-order valence-corrected chi connectivity index (χ2v) is 6.41. The Balaban J connectivity index is 0.00000220. The first-order valence-electron chi connectivity index (χ1n) is 7.30. The predicted molar refractivity (Wildman–Crippen MR) is 93.1 cm³/mol. The number of carbonyl (C=O) groups is 1. The molecular weight excluding hydrogens is 352 g/mol. The first kappa shape index (κ1) is 18.5. The van der Waals surface area contributed by atoms with Gasteiger partial charge in [-0.05, 0) is 50.4 Å². The smallest absolute Gasteiger partial charge is 0.222 e. The zero-order valence-electron chi connectivity index (χ0n) is 12.7. The summed E-state index contributed by atoms with van der Waals surface area (Å²) >= 11 is 3.50. The van der Waals surface area contributed by atoms with E-state index in [0.29, 0.717) is 12.5 Å². The number of hydrogen-bond acceptors (Lipinski definition) is 2. The van der Waals surface area contributed by atoms with Crippen molar-refractivity contribution in [1.82, 2.24) is 10.2 Å². The summed E-state index contributed by atoms with van der Waals surface area (Å²) in [5.41, 5.74) is 2.46. The highest BCUT2D eigenvalue weighted by molar-refractivity contribution is 9.10. The number of likely N-dealkylation sites (tertiary alicyclic amines) is 1. The molecule has 0 spiro atoms. The van der Waals surface area contributed by atoms with Crippen LogP contribution in [0.5, 0.6) is 0 Å². The minimum atomic E-state index is 0. The van der Waals surface area contributed by atoms with Crippen LogP contribution in [-0.2, 0) is 11.2 Å². The van der Waals surface area contributed by atoms with Crippen molar-refractivity contribution in [1.29, 1.82) is 0 Å². The first-order valence-corrected chi connectivity index (χ1v) is 8.09. The fourth-order valence-corrected chi connectivity index (χ4v) is 2.96. The third-order valence-corrected chi connectivity index (χ3v) is 4.92. The van der Waals surface area contributed by atoms with Gasteiger partial charge < -0.3 is 10.2 Å². The molecule has 1 fully saturated rings. The van der Waals surface area contributed by atoms with Gasteiger partial charge in [0.1, 0.15) is 0 Å². The van der Waals surface area contributed by atoms with E-state index < -0.39 is 0 Å². The molecule has 118 valence electrons. The lowest BCUT2D eigenvalue weighted by Crippen LogP contribution is -2.47. The average molecular weight is 376 g/mol. The van der Waals surface area contributed by atoms with Gasteiger partial charge in [0.25, 0.3) is 0 Å². The fraction of sp³-hybridized carbons (Fsp3) is 0.562. The van der Waals surface area contributed by atoms with Gasteiger partial charge >= 0.3 is 0 Å². The summed E-state index contributed by atoms with van der Waals surface area (Å²) in [5.74, 6) is 0.283. The van der Waals surface area contributed by atoms with Gasteiger partial charge in [0.2, 0.25) is 5.91 Å². The van der Waals surface area contributed by atoms with E-state index in [2.05, 4.69) is 46.4 Å². The topological polar surface area (TPSA) is 32.3 Å². The van der Waals surface area contributed by atoms with Crippen LogP contribution < -0.4 is 5.32 Å². The summed E-state index contributed by atoms with van der Waals surface area (Å²) in [6.45, 7) is 3.85. The fourth-order valence-electron chi connectivity index (χ4n) is 2.71. The Morgan fingerprint density at radius 3 is 2.90 bits per heavy atom. The monoisotopic (exact) mass is 374 g/mol. The Labute approximate surface area is 142 Å². The quantitative estimate of drug-likeness (QED) is 0.875. The van der Waals surface area contributed by atoms with Gasteiger partial charge in [-0.25, -0.2) is 0 Å². The Kier molecular flexibility index (Phi) is 7.71. The van der Waals surface area contributed by atoms with Crippen LogP contribution in [-0.4, -0.2) is 37.0 Å². The van der Waals surface area contributed by atoms with Crippen molar-refractivity contribution in [3.63, 3.8) is 0 Å². The first-order chi connectivity index (χ1) is 9.60. The van der Waals surface area contributed by atoms with Crippen molar-refractivity contribution in [2.24, 2.45) is 0 Å². The normalized spacial score (nSPS) is 18.2. The highest BCUT2D eigenvalue weighted by Crippen LogP contribution is 2.18. The number of nitrogens with one attached hydrogen (secondary N) is 1. The minimum absolute atomic E-state index is 0. The van der Waals surface area contributed by atoms with Crippen LogP contribution in [0, 0.1) is 6.92 Å². The number of amides is 1. The largest absolute Gasteiger partial charge is 0.341 e. The molecule has 2 rings (SSSR count). The molecule has 1 aromatic carbocycles. The summed E-state index contributed by atoms with van der Waals surface area (Å²) in [4.78, 5) is 14.3. The molecule has 0 bridgehead atoms. The standard InChI is InChI=1S/C16H23BrN2O.ClH/c1-12-10-13(5-7-15(12)17)6-8-16(20)19-9-3-4-14(11-19)18-2;/h5,7,10,14,18H,3-4,6,8-9,11H2,1-2H3;1H. The molecule has 1 N–H and O–H groups in total. The molecule has 1 heterocycles. The zero-order valence-corrected chi connectivity index (χ0v) is 15.1. The maximum atomic E-state index is 12.3. The molecule has 21 heavy (non-hydrogen) atoms. The number of carbonyl (C=O) groups excluding carboxylic acids is 1. The molecule has 3 nitrogen and oxygen atoms in total. The van der Waals surface area contributed by atoms with Crippen LogP contribution in [0.1, 0.15) is 30.4 Å². The molecule has 1 aromatic rings. The molecule has 1 aliphatic heterocycles. The molecule has 0 radical (unpaired) electrons. The molecular formula is C16H24BrClN2O. The van der Waals surface area contributed by atoms with Crippen molar-refractivity contribution in [3.05, 3.63) is 33.8 Å². The maximum absolute atomic E-state index is 12.3. The molecule has 0 aromatic heterocycles. The van der Waals surface area contributed by atoms with E-state index in [0.717, 1.165) is 30.4 Å². The highest BCUT2D eigenvalue weighted by Gasteiger charge is 2.22. The van der Waals surface area contributed by atoms with Crippen LogP contribution in [0.4, 0.5) is 0 Å². The van der Waals surface area contributed by atoms with Gasteiger partial charge in [-0.1, -0.05) is 28.1 Å². The maximum Gasteiger partial charge on any atom is 0.222 e. The Morgan fingerprint density at radius 2 is 2.24 bits per heavy atom. The number of likely N-dealkylation sites (N-methyl/N-ethyl adjacent to an activating group) is 1. The van der Waals surface area contributed by atoms with E-state index in [9.17, 15) is 4.79 Å². The third-order valence-electron chi connectivity index (χ3n) is 4.03. The molecule has 1 saturated heterocycles. The van der Waals surface area contributed by atoms with Crippen molar-refractivity contribution in [2.75, 3.05) is 20.1 Å². The SMILES string of the molecule is CNC1CCCN(C(=O)CCc2ccc(Br)c(C)c2)C1.Cl. The van der Waals surface area contributed by atoms with Crippen molar-refractivity contribution >= 4 is 34.2 Å². The Hall–Kier alpha value is -0.580. The van der Waals surface area contributed by atoms with E-state index >= 15 is 0 Å². The molecule has 1 atom stereocenters. The lowest BCUT2D eigenvalue weighted by molar-refractivity contribution is -0.132. The zero-order chi connectivity index (χ0) is 14.5. The number of benzene rings is 1. The molecule has 0 saturated carbocycles.